The van der Waals surface area contributed by atoms with Crippen molar-refractivity contribution in [3.63, 3.8) is 0 Å². The number of anilines is 1. The van der Waals surface area contributed by atoms with E-state index < -0.39 is 0 Å². The summed E-state index contributed by atoms with van der Waals surface area (Å²) in [5.74, 6) is -0.141. The second kappa shape index (κ2) is 4.14. The molecule has 2 rings (SSSR count). The van der Waals surface area contributed by atoms with Crippen LogP contribution in [0.5, 0.6) is 0 Å². The summed E-state index contributed by atoms with van der Waals surface area (Å²) in [6.45, 7) is 2.31. The van der Waals surface area contributed by atoms with Crippen LogP contribution in [0, 0.1) is 6.92 Å². The zero-order valence-corrected chi connectivity index (χ0v) is 9.54. The van der Waals surface area contributed by atoms with Crippen molar-refractivity contribution in [1.82, 2.24) is 4.90 Å². The van der Waals surface area contributed by atoms with E-state index >= 15 is 0 Å². The lowest BCUT2D eigenvalue weighted by Crippen LogP contribution is -2.49. The van der Waals surface area contributed by atoms with Crippen LogP contribution in [0.25, 0.3) is 0 Å². The molecule has 0 bridgehead atoms. The van der Waals surface area contributed by atoms with Gasteiger partial charge in [0.25, 0.3) is 0 Å². The molecule has 5 heteroatoms. The molecule has 84 valence electrons. The van der Waals surface area contributed by atoms with E-state index in [2.05, 4.69) is 5.32 Å². The van der Waals surface area contributed by atoms with Gasteiger partial charge in [0.1, 0.15) is 0 Å². The topological polar surface area (TPSA) is 49.4 Å². The van der Waals surface area contributed by atoms with Crippen LogP contribution in [0.2, 0.25) is 5.02 Å². The summed E-state index contributed by atoms with van der Waals surface area (Å²) in [6, 6.07) is 4.87. The van der Waals surface area contributed by atoms with E-state index in [1.54, 1.807) is 18.2 Å². The first-order chi connectivity index (χ1) is 7.59. The zero-order valence-electron chi connectivity index (χ0n) is 8.79. The minimum absolute atomic E-state index is 0.141. The fraction of sp³-hybridized carbons (Fsp3) is 0.273. The Balaban J connectivity index is 2.12. The fourth-order valence-corrected chi connectivity index (χ4v) is 1.63. The monoisotopic (exact) mass is 238 g/mol. The average molecular weight is 239 g/mol. The summed E-state index contributed by atoms with van der Waals surface area (Å²) in [6.07, 6.45) is 0.446. The molecule has 0 saturated carbocycles. The number of halogens is 1. The third kappa shape index (κ3) is 1.88. The Morgan fingerprint density at radius 2 is 2.25 bits per heavy atom. The number of amides is 3. The van der Waals surface area contributed by atoms with Gasteiger partial charge >= 0.3 is 6.03 Å². The molecule has 1 aliphatic heterocycles. The highest BCUT2D eigenvalue weighted by atomic mass is 35.5. The standard InChI is InChI=1S/C11H11ClN2O2/c1-7-8(12)3-2-4-9(7)13-11(16)14-6-5-10(14)15/h2-4H,5-6H2,1H3,(H,13,16). The van der Waals surface area contributed by atoms with Crippen molar-refractivity contribution < 1.29 is 9.59 Å². The predicted octanol–water partition coefficient (Wildman–Crippen LogP) is 2.41. The van der Waals surface area contributed by atoms with Crippen molar-refractivity contribution in [3.8, 4) is 0 Å². The zero-order chi connectivity index (χ0) is 11.7. The van der Waals surface area contributed by atoms with Crippen LogP contribution in [-0.2, 0) is 4.79 Å². The Kier molecular flexibility index (Phi) is 2.83. The third-order valence-corrected chi connectivity index (χ3v) is 3.01. The Labute approximate surface area is 98.2 Å². The van der Waals surface area contributed by atoms with Gasteiger partial charge in [0.05, 0.1) is 0 Å². The smallest absolute Gasteiger partial charge is 0.307 e. The van der Waals surface area contributed by atoms with Crippen molar-refractivity contribution in [2.75, 3.05) is 11.9 Å². The largest absolute Gasteiger partial charge is 0.328 e. The Morgan fingerprint density at radius 1 is 1.50 bits per heavy atom. The number of carbonyl (C=O) groups excluding carboxylic acids is 2. The molecule has 1 aliphatic rings. The van der Waals surface area contributed by atoms with Gasteiger partial charge in [-0.15, -0.1) is 0 Å². The first-order valence-corrected chi connectivity index (χ1v) is 5.34. The quantitative estimate of drug-likeness (QED) is 0.764. The van der Waals surface area contributed by atoms with Crippen LogP contribution in [0.1, 0.15) is 12.0 Å². The van der Waals surface area contributed by atoms with Gasteiger partial charge in [-0.3, -0.25) is 9.69 Å². The Hall–Kier alpha value is -1.55. The summed E-state index contributed by atoms with van der Waals surface area (Å²) < 4.78 is 0. The maximum Gasteiger partial charge on any atom is 0.328 e. The van der Waals surface area contributed by atoms with E-state index in [0.29, 0.717) is 23.7 Å². The molecule has 16 heavy (non-hydrogen) atoms. The number of benzene rings is 1. The lowest BCUT2D eigenvalue weighted by Gasteiger charge is -2.28. The van der Waals surface area contributed by atoms with Gasteiger partial charge in [-0.25, -0.2) is 4.79 Å². The number of likely N-dealkylation sites (tertiary alicyclic amines) is 1. The van der Waals surface area contributed by atoms with Crippen LogP contribution < -0.4 is 5.32 Å². The molecule has 3 amide bonds. The Morgan fingerprint density at radius 3 is 2.81 bits per heavy atom. The number of rotatable bonds is 1. The third-order valence-electron chi connectivity index (χ3n) is 2.60. The molecule has 0 atom stereocenters. The van der Waals surface area contributed by atoms with E-state index in [0.717, 1.165) is 5.56 Å². The molecule has 1 heterocycles. The molecule has 1 aromatic rings. The highest BCUT2D eigenvalue weighted by Gasteiger charge is 2.30. The van der Waals surface area contributed by atoms with Crippen molar-refractivity contribution in [2.45, 2.75) is 13.3 Å². The second-order valence-corrected chi connectivity index (χ2v) is 4.05. The number of nitrogens with one attached hydrogen (secondary N) is 1. The molecule has 1 fully saturated rings. The molecular formula is C11H11ClN2O2. The Bertz CT molecular complexity index is 459. The van der Waals surface area contributed by atoms with E-state index in [4.69, 9.17) is 11.6 Å². The summed E-state index contributed by atoms with van der Waals surface area (Å²) in [5, 5.41) is 3.26. The minimum atomic E-state index is -0.387. The molecule has 0 spiro atoms. The molecule has 0 aromatic heterocycles. The summed E-state index contributed by atoms with van der Waals surface area (Å²) in [7, 11) is 0. The first-order valence-electron chi connectivity index (χ1n) is 4.96. The van der Waals surface area contributed by atoms with Crippen molar-refractivity contribution in [3.05, 3.63) is 28.8 Å². The number of nitrogens with zero attached hydrogens (tertiary/aromatic N) is 1. The average Bonchev–Trinajstić information content (AvgIpc) is 2.22. The maximum atomic E-state index is 11.6. The van der Waals surface area contributed by atoms with E-state index in [1.165, 1.54) is 4.90 Å². The molecule has 4 nitrogen and oxygen atoms in total. The summed E-state index contributed by atoms with van der Waals surface area (Å²) in [4.78, 5) is 23.9. The van der Waals surface area contributed by atoms with Gasteiger partial charge < -0.3 is 5.32 Å². The van der Waals surface area contributed by atoms with Gasteiger partial charge in [-0.1, -0.05) is 17.7 Å². The first kappa shape index (κ1) is 11.0. The van der Waals surface area contributed by atoms with Crippen LogP contribution in [0.4, 0.5) is 10.5 Å². The van der Waals surface area contributed by atoms with E-state index in [1.807, 2.05) is 6.92 Å². The number of β-lactam (4-membered cyclic amide) rings is 1. The summed E-state index contributed by atoms with van der Waals surface area (Å²) >= 11 is 5.92. The molecule has 0 unspecified atom stereocenters. The van der Waals surface area contributed by atoms with Crippen molar-refractivity contribution >= 4 is 29.2 Å². The van der Waals surface area contributed by atoms with Gasteiger partial charge in [0.2, 0.25) is 5.91 Å². The molecular weight excluding hydrogens is 228 g/mol. The normalized spacial score (nSPS) is 14.6. The maximum absolute atomic E-state index is 11.6. The van der Waals surface area contributed by atoms with E-state index in [-0.39, 0.29) is 11.9 Å². The van der Waals surface area contributed by atoms with Crippen LogP contribution in [0.15, 0.2) is 18.2 Å². The lowest BCUT2D eigenvalue weighted by atomic mass is 10.2. The summed E-state index contributed by atoms with van der Waals surface area (Å²) in [5.41, 5.74) is 1.43. The highest BCUT2D eigenvalue weighted by Crippen LogP contribution is 2.23. The van der Waals surface area contributed by atoms with Crippen molar-refractivity contribution in [2.24, 2.45) is 0 Å². The predicted molar refractivity (Wildman–Crippen MR) is 61.5 cm³/mol. The van der Waals surface area contributed by atoms with Crippen molar-refractivity contribution in [1.29, 1.82) is 0 Å². The molecule has 1 saturated heterocycles. The number of urea groups is 1. The van der Waals surface area contributed by atoms with Gasteiger partial charge in [-0.05, 0) is 24.6 Å². The highest BCUT2D eigenvalue weighted by molar-refractivity contribution is 6.31. The van der Waals surface area contributed by atoms with E-state index in [9.17, 15) is 9.59 Å². The van der Waals surface area contributed by atoms with Crippen LogP contribution in [0.3, 0.4) is 0 Å². The lowest BCUT2D eigenvalue weighted by molar-refractivity contribution is -0.135. The minimum Gasteiger partial charge on any atom is -0.307 e. The second-order valence-electron chi connectivity index (χ2n) is 3.64. The van der Waals surface area contributed by atoms with Crippen LogP contribution >= 0.6 is 11.6 Å². The fourth-order valence-electron chi connectivity index (χ4n) is 1.46. The number of hydrogen-bond donors (Lipinski definition) is 1. The van der Waals surface area contributed by atoms with Crippen LogP contribution in [-0.4, -0.2) is 23.4 Å². The molecule has 1 N–H and O–H groups in total. The van der Waals surface area contributed by atoms with Gasteiger partial charge in [0, 0.05) is 23.7 Å². The number of hydrogen-bond acceptors (Lipinski definition) is 2. The molecule has 0 radical (unpaired) electrons. The van der Waals surface area contributed by atoms with Gasteiger partial charge in [0.15, 0.2) is 0 Å². The number of carbonyl (C=O) groups is 2. The number of imide groups is 1. The molecule has 1 aromatic carbocycles. The SMILES string of the molecule is Cc1c(Cl)cccc1NC(=O)N1CCC1=O. The van der Waals surface area contributed by atoms with Gasteiger partial charge in [-0.2, -0.15) is 0 Å². The molecule has 0 aliphatic carbocycles.